The third-order valence-electron chi connectivity index (χ3n) is 4.49. The van der Waals surface area contributed by atoms with Gasteiger partial charge in [-0.3, -0.25) is 4.79 Å². The first kappa shape index (κ1) is 12.4. The lowest BCUT2D eigenvalue weighted by atomic mass is 10.1. The maximum Gasteiger partial charge on any atom is 0.240 e. The van der Waals surface area contributed by atoms with Crippen LogP contribution < -0.4 is 5.32 Å². The van der Waals surface area contributed by atoms with E-state index in [4.69, 9.17) is 9.47 Å². The molecule has 3 fully saturated rings. The van der Waals surface area contributed by atoms with E-state index in [1.165, 1.54) is 6.42 Å². The van der Waals surface area contributed by atoms with Crippen molar-refractivity contribution in [3.63, 3.8) is 0 Å². The largest absolute Gasteiger partial charge is 0.380 e. The van der Waals surface area contributed by atoms with Crippen molar-refractivity contribution in [3.8, 4) is 0 Å². The summed E-state index contributed by atoms with van der Waals surface area (Å²) in [7, 11) is 1.71. The number of rotatable bonds is 2. The van der Waals surface area contributed by atoms with Gasteiger partial charge in [0.25, 0.3) is 0 Å². The van der Waals surface area contributed by atoms with E-state index in [1.807, 2.05) is 0 Å². The maximum atomic E-state index is 12.6. The van der Waals surface area contributed by atoms with Crippen LogP contribution in [0.1, 0.15) is 25.7 Å². The van der Waals surface area contributed by atoms with Crippen molar-refractivity contribution in [1.29, 1.82) is 0 Å². The Morgan fingerprint density at radius 2 is 2.33 bits per heavy atom. The fourth-order valence-electron chi connectivity index (χ4n) is 3.47. The summed E-state index contributed by atoms with van der Waals surface area (Å²) < 4.78 is 11.1. The van der Waals surface area contributed by atoms with Gasteiger partial charge in [-0.25, -0.2) is 0 Å². The molecule has 1 aliphatic carbocycles. The number of amides is 1. The number of fused-ring (bicyclic) bond motifs is 1. The van der Waals surface area contributed by atoms with Crippen LogP contribution >= 0.6 is 0 Å². The van der Waals surface area contributed by atoms with Crippen LogP contribution in [-0.2, 0) is 14.3 Å². The summed E-state index contributed by atoms with van der Waals surface area (Å²) in [4.78, 5) is 14.6. The molecule has 1 saturated carbocycles. The number of hydrogen-bond acceptors (Lipinski definition) is 4. The van der Waals surface area contributed by atoms with Gasteiger partial charge in [-0.05, 0) is 25.7 Å². The molecule has 0 bridgehead atoms. The molecule has 0 aromatic rings. The number of morpholine rings is 1. The number of methoxy groups -OCH3 is 1. The molecule has 0 radical (unpaired) electrons. The molecule has 3 aliphatic rings. The molecule has 5 nitrogen and oxygen atoms in total. The van der Waals surface area contributed by atoms with Crippen LogP contribution in [0, 0.1) is 0 Å². The molecule has 1 amide bonds. The SMILES string of the molecule is COC1CNC(C(=O)N2CCOC3CCCC32)C1. The molecule has 2 heterocycles. The number of nitrogens with one attached hydrogen (secondary N) is 1. The fourth-order valence-corrected chi connectivity index (χ4v) is 3.47. The number of nitrogens with zero attached hydrogens (tertiary/aromatic N) is 1. The lowest BCUT2D eigenvalue weighted by Crippen LogP contribution is -2.55. The van der Waals surface area contributed by atoms with Crippen LogP contribution in [0.15, 0.2) is 0 Å². The Kier molecular flexibility index (Phi) is 3.54. The monoisotopic (exact) mass is 254 g/mol. The highest BCUT2D eigenvalue weighted by Crippen LogP contribution is 2.30. The minimum atomic E-state index is -0.0608. The molecule has 102 valence electrons. The standard InChI is InChI=1S/C13H22N2O3/c1-17-9-7-10(14-8-9)13(16)15-5-6-18-12-4-2-3-11(12)15/h9-12,14H,2-8H2,1H3. The second-order valence-electron chi connectivity index (χ2n) is 5.49. The second-order valence-corrected chi connectivity index (χ2v) is 5.49. The zero-order chi connectivity index (χ0) is 12.5. The second kappa shape index (κ2) is 5.15. The Hall–Kier alpha value is -0.650. The van der Waals surface area contributed by atoms with Gasteiger partial charge in [0.1, 0.15) is 0 Å². The highest BCUT2D eigenvalue weighted by molar-refractivity contribution is 5.82. The molecule has 1 N–H and O–H groups in total. The molecule has 4 atom stereocenters. The van der Waals surface area contributed by atoms with Crippen molar-refractivity contribution in [2.24, 2.45) is 0 Å². The lowest BCUT2D eigenvalue weighted by Gasteiger charge is -2.39. The van der Waals surface area contributed by atoms with Gasteiger partial charge in [0, 0.05) is 20.2 Å². The quantitative estimate of drug-likeness (QED) is 0.762. The van der Waals surface area contributed by atoms with Crippen LogP contribution in [0.5, 0.6) is 0 Å². The molecular formula is C13H22N2O3. The van der Waals surface area contributed by atoms with Crippen LogP contribution in [0.2, 0.25) is 0 Å². The van der Waals surface area contributed by atoms with E-state index in [0.29, 0.717) is 12.6 Å². The normalized spacial score (nSPS) is 39.9. The average Bonchev–Trinajstić information content (AvgIpc) is 3.05. The van der Waals surface area contributed by atoms with Gasteiger partial charge in [0.2, 0.25) is 5.91 Å². The van der Waals surface area contributed by atoms with Crippen LogP contribution in [0.4, 0.5) is 0 Å². The molecule has 4 unspecified atom stereocenters. The number of carbonyl (C=O) groups excluding carboxylic acids is 1. The smallest absolute Gasteiger partial charge is 0.240 e. The van der Waals surface area contributed by atoms with Gasteiger partial charge in [-0.1, -0.05) is 0 Å². The van der Waals surface area contributed by atoms with E-state index in [0.717, 1.165) is 32.4 Å². The van der Waals surface area contributed by atoms with E-state index in [2.05, 4.69) is 10.2 Å². The molecule has 5 heteroatoms. The molecule has 2 saturated heterocycles. The molecule has 3 rings (SSSR count). The summed E-state index contributed by atoms with van der Waals surface area (Å²) in [5.41, 5.74) is 0. The van der Waals surface area contributed by atoms with Crippen LogP contribution in [0.25, 0.3) is 0 Å². The third kappa shape index (κ3) is 2.15. The Morgan fingerprint density at radius 1 is 1.44 bits per heavy atom. The van der Waals surface area contributed by atoms with E-state index in [9.17, 15) is 4.79 Å². The first-order valence-electron chi connectivity index (χ1n) is 6.98. The van der Waals surface area contributed by atoms with Gasteiger partial charge in [-0.15, -0.1) is 0 Å². The Bertz CT molecular complexity index is 323. The van der Waals surface area contributed by atoms with Crippen LogP contribution in [0.3, 0.4) is 0 Å². The predicted molar refractivity (Wildman–Crippen MR) is 66.3 cm³/mol. The van der Waals surface area contributed by atoms with Gasteiger partial charge < -0.3 is 19.7 Å². The van der Waals surface area contributed by atoms with Crippen molar-refractivity contribution in [2.45, 2.75) is 50.0 Å². The minimum absolute atomic E-state index is 0.0608. The summed E-state index contributed by atoms with van der Waals surface area (Å²) in [6.07, 6.45) is 4.63. The zero-order valence-electron chi connectivity index (χ0n) is 10.9. The van der Waals surface area contributed by atoms with Crippen molar-refractivity contribution >= 4 is 5.91 Å². The number of hydrogen-bond donors (Lipinski definition) is 1. The lowest BCUT2D eigenvalue weighted by molar-refractivity contribution is -0.146. The first-order valence-corrected chi connectivity index (χ1v) is 6.98. The predicted octanol–water partition coefficient (Wildman–Crippen LogP) is 0.143. The first-order chi connectivity index (χ1) is 8.79. The van der Waals surface area contributed by atoms with E-state index >= 15 is 0 Å². The van der Waals surface area contributed by atoms with Gasteiger partial charge in [-0.2, -0.15) is 0 Å². The van der Waals surface area contributed by atoms with Gasteiger partial charge in [0.15, 0.2) is 0 Å². The molecular weight excluding hydrogens is 232 g/mol. The van der Waals surface area contributed by atoms with Crippen molar-refractivity contribution in [2.75, 3.05) is 26.8 Å². The topological polar surface area (TPSA) is 50.8 Å². The van der Waals surface area contributed by atoms with Crippen LogP contribution in [-0.4, -0.2) is 61.9 Å². The Balaban J connectivity index is 1.65. The summed E-state index contributed by atoms with van der Waals surface area (Å²) in [5.74, 6) is 0.245. The highest BCUT2D eigenvalue weighted by atomic mass is 16.5. The Labute approximate surface area is 108 Å². The van der Waals surface area contributed by atoms with E-state index in [-0.39, 0.29) is 24.2 Å². The van der Waals surface area contributed by atoms with Gasteiger partial charge >= 0.3 is 0 Å². The average molecular weight is 254 g/mol. The number of ether oxygens (including phenoxy) is 2. The third-order valence-corrected chi connectivity index (χ3v) is 4.49. The van der Waals surface area contributed by atoms with Crippen molar-refractivity contribution in [3.05, 3.63) is 0 Å². The molecule has 2 aliphatic heterocycles. The van der Waals surface area contributed by atoms with E-state index < -0.39 is 0 Å². The van der Waals surface area contributed by atoms with Crippen molar-refractivity contribution in [1.82, 2.24) is 10.2 Å². The highest BCUT2D eigenvalue weighted by Gasteiger charge is 2.41. The molecule has 0 aromatic heterocycles. The summed E-state index contributed by atoms with van der Waals surface area (Å²) >= 11 is 0. The zero-order valence-corrected chi connectivity index (χ0v) is 10.9. The molecule has 18 heavy (non-hydrogen) atoms. The maximum absolute atomic E-state index is 12.6. The summed E-state index contributed by atoms with van der Waals surface area (Å²) in [5, 5.41) is 3.28. The minimum Gasteiger partial charge on any atom is -0.380 e. The fraction of sp³-hybridized carbons (Fsp3) is 0.923. The number of carbonyl (C=O) groups is 1. The summed E-state index contributed by atoms with van der Waals surface area (Å²) in [6, 6.07) is 0.254. The van der Waals surface area contributed by atoms with Crippen molar-refractivity contribution < 1.29 is 14.3 Å². The Morgan fingerprint density at radius 3 is 3.11 bits per heavy atom. The van der Waals surface area contributed by atoms with E-state index in [1.54, 1.807) is 7.11 Å². The van der Waals surface area contributed by atoms with Gasteiger partial charge in [0.05, 0.1) is 30.9 Å². The summed E-state index contributed by atoms with van der Waals surface area (Å²) in [6.45, 7) is 2.22. The molecule has 0 spiro atoms. The molecule has 0 aromatic carbocycles.